The molecule has 8 nitrogen and oxygen atoms in total. The van der Waals surface area contributed by atoms with Crippen LogP contribution in [-0.2, 0) is 31.4 Å². The topological polar surface area (TPSA) is 92.2 Å². The van der Waals surface area contributed by atoms with Gasteiger partial charge in [-0.3, -0.25) is 4.79 Å². The van der Waals surface area contributed by atoms with Crippen molar-refractivity contribution in [1.82, 2.24) is 30.5 Å². The molecule has 2 aliphatic rings. The number of carbonyl (C=O) groups is 2. The van der Waals surface area contributed by atoms with Crippen LogP contribution < -0.4 is 10.6 Å². The highest BCUT2D eigenvalue weighted by Crippen LogP contribution is 2.47. The molecule has 2 atom stereocenters. The van der Waals surface area contributed by atoms with Gasteiger partial charge >= 0.3 is 6.03 Å². The lowest BCUT2D eigenvalue weighted by Crippen LogP contribution is -2.50. The van der Waals surface area contributed by atoms with E-state index >= 15 is 0 Å². The summed E-state index contributed by atoms with van der Waals surface area (Å²) in [5.41, 5.74) is 8.39. The first-order chi connectivity index (χ1) is 19.2. The molecule has 40 heavy (non-hydrogen) atoms. The lowest BCUT2D eigenvalue weighted by molar-refractivity contribution is -0.122. The molecule has 0 radical (unpaired) electrons. The van der Waals surface area contributed by atoms with Crippen LogP contribution in [0.25, 0.3) is 22.2 Å². The van der Waals surface area contributed by atoms with E-state index in [0.29, 0.717) is 25.6 Å². The van der Waals surface area contributed by atoms with Gasteiger partial charge < -0.3 is 15.5 Å². The molecule has 1 saturated carbocycles. The number of aromatic nitrogens is 3. The highest BCUT2D eigenvalue weighted by Gasteiger charge is 2.43. The monoisotopic (exact) mass is 536 g/mol. The van der Waals surface area contributed by atoms with Gasteiger partial charge in [-0.05, 0) is 85.0 Å². The number of amides is 3. The fourth-order valence-corrected chi connectivity index (χ4v) is 5.81. The number of nitrogens with zero attached hydrogens (tertiary/aromatic N) is 4. The van der Waals surface area contributed by atoms with Crippen LogP contribution in [-0.4, -0.2) is 43.9 Å². The predicted molar refractivity (Wildman–Crippen MR) is 155 cm³/mol. The van der Waals surface area contributed by atoms with E-state index < -0.39 is 0 Å². The van der Waals surface area contributed by atoms with Crippen LogP contribution in [0.1, 0.15) is 55.4 Å². The van der Waals surface area contributed by atoms with Crippen molar-refractivity contribution in [2.45, 2.75) is 58.2 Å². The molecule has 1 aliphatic heterocycles. The molecule has 0 unspecified atom stereocenters. The van der Waals surface area contributed by atoms with Gasteiger partial charge in [0.05, 0.1) is 5.52 Å². The van der Waals surface area contributed by atoms with Gasteiger partial charge in [0, 0.05) is 38.1 Å². The molecular weight excluding hydrogens is 500 g/mol. The number of carbonyl (C=O) groups excluding carboxylic acids is 2. The van der Waals surface area contributed by atoms with Crippen molar-refractivity contribution >= 4 is 23.0 Å². The number of urea groups is 1. The number of nitrogens with one attached hydrogen (secondary N) is 2. The zero-order valence-corrected chi connectivity index (χ0v) is 23.6. The van der Waals surface area contributed by atoms with E-state index in [0.717, 1.165) is 46.1 Å². The van der Waals surface area contributed by atoms with E-state index in [-0.39, 0.29) is 23.4 Å². The first-order valence-electron chi connectivity index (χ1n) is 14.0. The van der Waals surface area contributed by atoms with Crippen molar-refractivity contribution in [1.29, 1.82) is 0 Å². The van der Waals surface area contributed by atoms with Crippen LogP contribution in [0.5, 0.6) is 0 Å². The predicted octanol–water partition coefficient (Wildman–Crippen LogP) is 4.92. The third-order valence-electron chi connectivity index (χ3n) is 8.01. The Morgan fingerprint density at radius 2 is 1.82 bits per heavy atom. The van der Waals surface area contributed by atoms with Gasteiger partial charge in [0.25, 0.3) is 0 Å². The number of fused-ring (bicyclic) bond motifs is 2. The summed E-state index contributed by atoms with van der Waals surface area (Å²) in [6.45, 7) is 7.55. The Bertz CT molecular complexity index is 1590. The molecule has 3 aromatic carbocycles. The minimum Gasteiger partial charge on any atom is -0.352 e. The molecule has 206 valence electrons. The third-order valence-corrected chi connectivity index (χ3v) is 8.01. The van der Waals surface area contributed by atoms with Gasteiger partial charge in [0.15, 0.2) is 0 Å². The van der Waals surface area contributed by atoms with E-state index in [1.165, 1.54) is 11.1 Å². The normalized spacial score (nSPS) is 18.4. The number of hydrogen-bond donors (Lipinski definition) is 2. The molecule has 2 heterocycles. The summed E-state index contributed by atoms with van der Waals surface area (Å²) in [6.07, 6.45) is 1.63. The molecule has 1 fully saturated rings. The summed E-state index contributed by atoms with van der Waals surface area (Å²) in [6, 6.07) is 20.7. The number of aryl methyl sites for hydroxylation is 1. The van der Waals surface area contributed by atoms with Gasteiger partial charge in [-0.25, -0.2) is 9.48 Å². The SMILES string of the molecule is Cn1nnc2ccc(-c3ccc(CNC(=O)[C@@H]4C[C@H]4c4ccccc4)c4c3CCN(C(=O)NC(C)(C)C)C4)cc21. The summed E-state index contributed by atoms with van der Waals surface area (Å²) in [5.74, 6) is 0.412. The largest absolute Gasteiger partial charge is 0.352 e. The van der Waals surface area contributed by atoms with Crippen LogP contribution in [0.3, 0.4) is 0 Å². The molecule has 0 saturated heterocycles. The zero-order chi connectivity index (χ0) is 28.0. The maximum Gasteiger partial charge on any atom is 0.318 e. The van der Waals surface area contributed by atoms with E-state index in [9.17, 15) is 9.59 Å². The van der Waals surface area contributed by atoms with E-state index in [4.69, 9.17) is 0 Å². The van der Waals surface area contributed by atoms with Crippen molar-refractivity contribution in [3.8, 4) is 11.1 Å². The van der Waals surface area contributed by atoms with Gasteiger partial charge in [-0.1, -0.05) is 53.7 Å². The number of benzene rings is 3. The maximum atomic E-state index is 13.1. The second kappa shape index (κ2) is 10.1. The molecule has 8 heteroatoms. The highest BCUT2D eigenvalue weighted by atomic mass is 16.2. The van der Waals surface area contributed by atoms with Crippen LogP contribution in [0.2, 0.25) is 0 Å². The Hall–Kier alpha value is -4.20. The minimum absolute atomic E-state index is 0.0193. The Labute approximate surface area is 234 Å². The second-order valence-corrected chi connectivity index (χ2v) is 12.1. The first-order valence-corrected chi connectivity index (χ1v) is 14.0. The zero-order valence-electron chi connectivity index (χ0n) is 23.6. The Morgan fingerprint density at radius 1 is 1.02 bits per heavy atom. The highest BCUT2D eigenvalue weighted by molar-refractivity contribution is 5.84. The van der Waals surface area contributed by atoms with Gasteiger partial charge in [-0.2, -0.15) is 0 Å². The average Bonchev–Trinajstić information content (AvgIpc) is 3.67. The number of rotatable bonds is 5. The van der Waals surface area contributed by atoms with Gasteiger partial charge in [0.1, 0.15) is 5.52 Å². The molecule has 1 aromatic heterocycles. The molecule has 2 N–H and O–H groups in total. The Balaban J connectivity index is 1.28. The third kappa shape index (κ3) is 5.18. The lowest BCUT2D eigenvalue weighted by Gasteiger charge is -2.34. The average molecular weight is 537 g/mol. The van der Waals surface area contributed by atoms with E-state index in [1.807, 2.05) is 57.0 Å². The second-order valence-electron chi connectivity index (χ2n) is 12.1. The fraction of sp³-hybridized carbons (Fsp3) is 0.375. The maximum absolute atomic E-state index is 13.1. The molecule has 0 bridgehead atoms. The Morgan fingerprint density at radius 3 is 2.60 bits per heavy atom. The standard InChI is InChI=1S/C32H36N6O2/c1-32(2,3)34-31(40)38-15-14-24-23(21-11-13-28-29(16-21)37(4)36-35-28)12-10-22(27(24)19-38)18-33-30(39)26-17-25(26)20-8-6-5-7-9-20/h5-13,16,25-26H,14-15,17-19H2,1-4H3,(H,33,39)(H,34,40)/t25-,26+/m0/s1. The number of hydrogen-bond acceptors (Lipinski definition) is 4. The summed E-state index contributed by atoms with van der Waals surface area (Å²) >= 11 is 0. The molecule has 1 aliphatic carbocycles. The summed E-state index contributed by atoms with van der Waals surface area (Å²) in [4.78, 5) is 28.1. The van der Waals surface area contributed by atoms with Crippen LogP contribution in [0, 0.1) is 5.92 Å². The van der Waals surface area contributed by atoms with Crippen molar-refractivity contribution in [2.75, 3.05) is 6.54 Å². The summed E-state index contributed by atoms with van der Waals surface area (Å²) in [7, 11) is 1.90. The minimum atomic E-state index is -0.317. The molecular formula is C32H36N6O2. The fourth-order valence-electron chi connectivity index (χ4n) is 5.81. The van der Waals surface area contributed by atoms with Crippen LogP contribution in [0.15, 0.2) is 60.7 Å². The van der Waals surface area contributed by atoms with Crippen molar-refractivity contribution < 1.29 is 9.59 Å². The van der Waals surface area contributed by atoms with Crippen molar-refractivity contribution in [2.24, 2.45) is 13.0 Å². The quantitative estimate of drug-likeness (QED) is 0.379. The van der Waals surface area contributed by atoms with Gasteiger partial charge in [0.2, 0.25) is 5.91 Å². The van der Waals surface area contributed by atoms with Crippen molar-refractivity contribution in [3.63, 3.8) is 0 Å². The Kier molecular flexibility index (Phi) is 6.56. The molecule has 4 aromatic rings. The van der Waals surface area contributed by atoms with Gasteiger partial charge in [-0.15, -0.1) is 5.10 Å². The van der Waals surface area contributed by atoms with E-state index in [1.54, 1.807) is 4.68 Å². The molecule has 0 spiro atoms. The van der Waals surface area contributed by atoms with Crippen LogP contribution >= 0.6 is 0 Å². The van der Waals surface area contributed by atoms with Crippen LogP contribution in [0.4, 0.5) is 4.79 Å². The molecule has 6 rings (SSSR count). The van der Waals surface area contributed by atoms with Crippen molar-refractivity contribution in [3.05, 3.63) is 82.9 Å². The van der Waals surface area contributed by atoms with E-state index in [2.05, 4.69) is 57.3 Å². The first kappa shape index (κ1) is 26.0. The smallest absolute Gasteiger partial charge is 0.318 e. The molecule has 3 amide bonds. The summed E-state index contributed by atoms with van der Waals surface area (Å²) < 4.78 is 1.79. The lowest BCUT2D eigenvalue weighted by atomic mass is 9.87. The summed E-state index contributed by atoms with van der Waals surface area (Å²) in [5, 5.41) is 14.7.